The fraction of sp³-hybridized carbons (Fsp3) is 0.200. The Kier molecular flexibility index (Phi) is 3.76. The van der Waals surface area contributed by atoms with Crippen molar-refractivity contribution in [3.8, 4) is 5.75 Å². The average molecular weight is 335 g/mol. The fourth-order valence-electron chi connectivity index (χ4n) is 3.31. The van der Waals surface area contributed by atoms with Crippen molar-refractivity contribution >= 4 is 22.6 Å². The largest absolute Gasteiger partial charge is 0.497 e. The van der Waals surface area contributed by atoms with Crippen LogP contribution in [0, 0.1) is 0 Å². The number of rotatable bonds is 3. The minimum Gasteiger partial charge on any atom is -0.497 e. The number of amides is 1. The minimum atomic E-state index is -0.570. The predicted molar refractivity (Wildman–Crippen MR) is 95.5 cm³/mol. The molecule has 0 unspecified atom stereocenters. The molecule has 1 N–H and O–H groups in total. The van der Waals surface area contributed by atoms with Crippen LogP contribution in [-0.4, -0.2) is 13.0 Å². The van der Waals surface area contributed by atoms with Crippen molar-refractivity contribution in [3.63, 3.8) is 0 Å². The number of carbonyl (C=O) groups excluding carboxylic acids is 1. The van der Waals surface area contributed by atoms with E-state index in [0.29, 0.717) is 16.7 Å². The number of benzene rings is 2. The van der Waals surface area contributed by atoms with Crippen LogP contribution >= 0.6 is 0 Å². The highest BCUT2D eigenvalue weighted by Gasteiger charge is 2.16. The summed E-state index contributed by atoms with van der Waals surface area (Å²) in [4.78, 5) is 24.5. The molecule has 1 amide bonds. The van der Waals surface area contributed by atoms with Crippen molar-refractivity contribution in [2.45, 2.75) is 19.3 Å². The molecule has 0 radical (unpaired) electrons. The third kappa shape index (κ3) is 2.89. The lowest BCUT2D eigenvalue weighted by molar-refractivity contribution is 0.102. The summed E-state index contributed by atoms with van der Waals surface area (Å²) in [5, 5.41) is 3.45. The highest BCUT2D eigenvalue weighted by atomic mass is 16.5. The first-order chi connectivity index (χ1) is 12.1. The zero-order chi connectivity index (χ0) is 17.4. The summed E-state index contributed by atoms with van der Waals surface area (Å²) in [6.07, 6.45) is 3.28. The van der Waals surface area contributed by atoms with Crippen molar-refractivity contribution in [1.82, 2.24) is 0 Å². The molecule has 0 aliphatic heterocycles. The van der Waals surface area contributed by atoms with E-state index in [0.717, 1.165) is 24.9 Å². The van der Waals surface area contributed by atoms with Gasteiger partial charge in [0.1, 0.15) is 11.3 Å². The van der Waals surface area contributed by atoms with E-state index in [4.69, 9.17) is 9.15 Å². The summed E-state index contributed by atoms with van der Waals surface area (Å²) in [5.41, 5.74) is 3.40. The summed E-state index contributed by atoms with van der Waals surface area (Å²) in [6, 6.07) is 12.2. The average Bonchev–Trinajstić information content (AvgIpc) is 3.08. The first-order valence-corrected chi connectivity index (χ1v) is 8.19. The van der Waals surface area contributed by atoms with Crippen molar-refractivity contribution < 1.29 is 13.9 Å². The second-order valence-corrected chi connectivity index (χ2v) is 6.13. The highest BCUT2D eigenvalue weighted by Crippen LogP contribution is 2.26. The summed E-state index contributed by atoms with van der Waals surface area (Å²) >= 11 is 0. The molecule has 126 valence electrons. The number of ether oxygens (including phenoxy) is 1. The van der Waals surface area contributed by atoms with Gasteiger partial charge in [0.05, 0.1) is 12.7 Å². The summed E-state index contributed by atoms with van der Waals surface area (Å²) in [6.45, 7) is 0. The molecule has 5 nitrogen and oxygen atoms in total. The Balaban J connectivity index is 1.71. The lowest BCUT2D eigenvalue weighted by Crippen LogP contribution is -2.15. The van der Waals surface area contributed by atoms with Crippen LogP contribution < -0.4 is 15.7 Å². The van der Waals surface area contributed by atoms with Gasteiger partial charge in [-0.05, 0) is 54.7 Å². The van der Waals surface area contributed by atoms with Crippen LogP contribution in [0.2, 0.25) is 0 Å². The van der Waals surface area contributed by atoms with Crippen molar-refractivity contribution in [3.05, 3.63) is 69.6 Å². The quantitative estimate of drug-likeness (QED) is 0.743. The molecule has 4 rings (SSSR count). The maximum atomic E-state index is 12.7. The summed E-state index contributed by atoms with van der Waals surface area (Å²) in [5.74, 6) is 0.229. The Bertz CT molecular complexity index is 1040. The molecule has 1 aliphatic carbocycles. The van der Waals surface area contributed by atoms with Gasteiger partial charge in [-0.2, -0.15) is 0 Å². The van der Waals surface area contributed by atoms with Crippen molar-refractivity contribution in [2.24, 2.45) is 0 Å². The van der Waals surface area contributed by atoms with E-state index in [1.807, 2.05) is 12.1 Å². The number of methoxy groups -OCH3 is 1. The fourth-order valence-corrected chi connectivity index (χ4v) is 3.31. The van der Waals surface area contributed by atoms with Gasteiger partial charge in [-0.25, -0.2) is 4.79 Å². The van der Waals surface area contributed by atoms with Gasteiger partial charge in [0, 0.05) is 23.2 Å². The van der Waals surface area contributed by atoms with E-state index in [1.165, 1.54) is 24.3 Å². The van der Waals surface area contributed by atoms with Crippen LogP contribution in [0.25, 0.3) is 11.0 Å². The third-order valence-corrected chi connectivity index (χ3v) is 4.55. The molecule has 5 heteroatoms. The summed E-state index contributed by atoms with van der Waals surface area (Å²) < 4.78 is 10.3. The van der Waals surface area contributed by atoms with Crippen LogP contribution in [0.4, 0.5) is 5.69 Å². The van der Waals surface area contributed by atoms with Gasteiger partial charge in [-0.1, -0.05) is 6.07 Å². The molecule has 0 fully saturated rings. The number of aryl methyl sites for hydroxylation is 2. The second kappa shape index (κ2) is 6.09. The van der Waals surface area contributed by atoms with Crippen LogP contribution in [0.3, 0.4) is 0 Å². The van der Waals surface area contributed by atoms with E-state index in [9.17, 15) is 9.59 Å². The van der Waals surface area contributed by atoms with E-state index in [1.54, 1.807) is 18.2 Å². The standard InChI is InChI=1S/C20H17NO4/c1-24-15-7-8-16-17(11-19(22)25-18(16)10-15)20(23)21-14-6-5-12-3-2-4-13(12)9-14/h5-11H,2-4H2,1H3,(H,21,23). The number of anilines is 1. The molecular formula is C20H17NO4. The lowest BCUT2D eigenvalue weighted by atomic mass is 10.1. The summed E-state index contributed by atoms with van der Waals surface area (Å²) in [7, 11) is 1.53. The molecule has 0 saturated heterocycles. The molecule has 1 aromatic heterocycles. The second-order valence-electron chi connectivity index (χ2n) is 6.13. The molecule has 25 heavy (non-hydrogen) atoms. The lowest BCUT2D eigenvalue weighted by Gasteiger charge is -2.09. The van der Waals surface area contributed by atoms with Gasteiger partial charge in [0.25, 0.3) is 5.91 Å². The molecule has 0 spiro atoms. The van der Waals surface area contributed by atoms with Crippen LogP contribution in [0.15, 0.2) is 51.7 Å². The Labute approximate surface area is 144 Å². The van der Waals surface area contributed by atoms with Crippen molar-refractivity contribution in [2.75, 3.05) is 12.4 Å². The van der Waals surface area contributed by atoms with E-state index < -0.39 is 5.63 Å². The van der Waals surface area contributed by atoms with Gasteiger partial charge in [-0.3, -0.25) is 4.79 Å². The predicted octanol–water partition coefficient (Wildman–Crippen LogP) is 3.54. The zero-order valence-electron chi connectivity index (χ0n) is 13.8. The molecule has 0 atom stereocenters. The Morgan fingerprint density at radius 2 is 1.92 bits per heavy atom. The SMILES string of the molecule is COc1ccc2c(C(=O)Nc3ccc4c(c3)CCC4)cc(=O)oc2c1. The molecule has 1 heterocycles. The monoisotopic (exact) mass is 335 g/mol. The van der Waals surface area contributed by atoms with Gasteiger partial charge in [-0.15, -0.1) is 0 Å². The molecule has 3 aromatic rings. The Morgan fingerprint density at radius 1 is 1.08 bits per heavy atom. The van der Waals surface area contributed by atoms with Gasteiger partial charge < -0.3 is 14.5 Å². The Morgan fingerprint density at radius 3 is 2.76 bits per heavy atom. The molecule has 0 bridgehead atoms. The van der Waals surface area contributed by atoms with E-state index >= 15 is 0 Å². The molecular weight excluding hydrogens is 318 g/mol. The molecule has 0 saturated carbocycles. The normalized spacial score (nSPS) is 12.8. The van der Waals surface area contributed by atoms with Gasteiger partial charge >= 0.3 is 5.63 Å². The van der Waals surface area contributed by atoms with Gasteiger partial charge in [0.2, 0.25) is 0 Å². The van der Waals surface area contributed by atoms with Crippen LogP contribution in [-0.2, 0) is 12.8 Å². The Hall–Kier alpha value is -3.08. The van der Waals surface area contributed by atoms with Crippen molar-refractivity contribution in [1.29, 1.82) is 0 Å². The number of nitrogens with one attached hydrogen (secondary N) is 1. The van der Waals surface area contributed by atoms with E-state index in [2.05, 4.69) is 11.4 Å². The number of carbonyl (C=O) groups is 1. The van der Waals surface area contributed by atoms with Crippen LogP contribution in [0.1, 0.15) is 27.9 Å². The van der Waals surface area contributed by atoms with E-state index in [-0.39, 0.29) is 11.5 Å². The maximum absolute atomic E-state index is 12.7. The van der Waals surface area contributed by atoms with Gasteiger partial charge in [0.15, 0.2) is 0 Å². The first-order valence-electron chi connectivity index (χ1n) is 8.19. The molecule has 2 aromatic carbocycles. The minimum absolute atomic E-state index is 0.286. The maximum Gasteiger partial charge on any atom is 0.337 e. The smallest absolute Gasteiger partial charge is 0.337 e. The number of hydrogen-bond acceptors (Lipinski definition) is 4. The number of hydrogen-bond donors (Lipinski definition) is 1. The highest BCUT2D eigenvalue weighted by molar-refractivity contribution is 6.12. The molecule has 1 aliphatic rings. The third-order valence-electron chi connectivity index (χ3n) is 4.55. The van der Waals surface area contributed by atoms with Crippen LogP contribution in [0.5, 0.6) is 5.75 Å². The first kappa shape index (κ1) is 15.4. The number of fused-ring (bicyclic) bond motifs is 2. The topological polar surface area (TPSA) is 68.5 Å². The zero-order valence-corrected chi connectivity index (χ0v) is 13.8.